The Labute approximate surface area is 107 Å². The molecule has 6 nitrogen and oxygen atoms in total. The van der Waals surface area contributed by atoms with Crippen molar-refractivity contribution in [2.24, 2.45) is 5.92 Å². The summed E-state index contributed by atoms with van der Waals surface area (Å²) < 4.78 is 23.6. The summed E-state index contributed by atoms with van der Waals surface area (Å²) in [6.45, 7) is 6.42. The van der Waals surface area contributed by atoms with E-state index in [0.29, 0.717) is 4.31 Å². The van der Waals surface area contributed by atoms with Crippen molar-refractivity contribution in [3.05, 3.63) is 0 Å². The molecule has 1 fully saturated rings. The Hall–Kier alpha value is -1.11. The van der Waals surface area contributed by atoms with Crippen LogP contribution in [0.1, 0.15) is 40.5 Å². The van der Waals surface area contributed by atoms with Gasteiger partial charge in [-0.2, -0.15) is 0 Å². The lowest BCUT2D eigenvalue weighted by molar-refractivity contribution is -0.151. The number of sulfonamides is 1. The minimum absolute atomic E-state index is 0.172. The van der Waals surface area contributed by atoms with Gasteiger partial charge in [-0.05, 0) is 18.8 Å². The number of nitrogens with zero attached hydrogens (tertiary/aromatic N) is 1. The van der Waals surface area contributed by atoms with Crippen molar-refractivity contribution in [2.45, 2.75) is 51.3 Å². The molecular weight excluding hydrogens is 258 g/mol. The fraction of sp³-hybridized carbons (Fsp3) is 0.818. The lowest BCUT2D eigenvalue weighted by atomic mass is 9.97. The number of rotatable bonds is 5. The van der Waals surface area contributed by atoms with Gasteiger partial charge in [0.25, 0.3) is 15.9 Å². The number of carboxylic acid groups (broad SMARTS) is 1. The van der Waals surface area contributed by atoms with Crippen molar-refractivity contribution in [1.29, 1.82) is 0 Å². The molecule has 1 rings (SSSR count). The normalized spacial score (nSPS) is 22.7. The highest BCUT2D eigenvalue weighted by molar-refractivity contribution is 7.94. The number of hydrogen-bond donors (Lipinski definition) is 1. The lowest BCUT2D eigenvalue weighted by Crippen LogP contribution is -2.73. The topological polar surface area (TPSA) is 91.8 Å². The molecule has 0 saturated carbocycles. The van der Waals surface area contributed by atoms with E-state index in [0.717, 1.165) is 0 Å². The molecule has 0 unspecified atom stereocenters. The Balaban J connectivity index is 3.25. The Morgan fingerprint density at radius 1 is 1.33 bits per heavy atom. The van der Waals surface area contributed by atoms with Gasteiger partial charge in [-0.1, -0.05) is 27.7 Å². The molecule has 0 spiro atoms. The predicted molar refractivity (Wildman–Crippen MR) is 65.3 cm³/mol. The fourth-order valence-electron chi connectivity index (χ4n) is 2.42. The first kappa shape index (κ1) is 14.9. The second-order valence-electron chi connectivity index (χ2n) is 4.83. The van der Waals surface area contributed by atoms with E-state index in [1.807, 2.05) is 0 Å². The van der Waals surface area contributed by atoms with Crippen molar-refractivity contribution in [3.8, 4) is 0 Å². The SMILES string of the molecule is CCC1(CC)C(=O)N([C@@H](C(=O)O)C(C)C)S1(=O)=O. The zero-order valence-corrected chi connectivity index (χ0v) is 11.8. The number of amides is 1. The average Bonchev–Trinajstić information content (AvgIpc) is 2.25. The van der Waals surface area contributed by atoms with E-state index in [1.54, 1.807) is 27.7 Å². The third-order valence-corrected chi connectivity index (χ3v) is 6.27. The molecule has 0 aromatic heterocycles. The van der Waals surface area contributed by atoms with Gasteiger partial charge in [0.05, 0.1) is 0 Å². The van der Waals surface area contributed by atoms with Crippen molar-refractivity contribution in [3.63, 3.8) is 0 Å². The van der Waals surface area contributed by atoms with Crippen LogP contribution in [0.5, 0.6) is 0 Å². The van der Waals surface area contributed by atoms with Crippen molar-refractivity contribution in [1.82, 2.24) is 4.31 Å². The highest BCUT2D eigenvalue weighted by Crippen LogP contribution is 2.43. The van der Waals surface area contributed by atoms with Gasteiger partial charge >= 0.3 is 5.97 Å². The Morgan fingerprint density at radius 3 is 2.00 bits per heavy atom. The van der Waals surface area contributed by atoms with Gasteiger partial charge in [0, 0.05) is 0 Å². The maximum absolute atomic E-state index is 12.2. The lowest BCUT2D eigenvalue weighted by Gasteiger charge is -2.49. The molecular formula is C11H19NO5S. The minimum Gasteiger partial charge on any atom is -0.480 e. The van der Waals surface area contributed by atoms with Gasteiger partial charge < -0.3 is 5.11 Å². The molecule has 1 saturated heterocycles. The van der Waals surface area contributed by atoms with Crippen LogP contribution in [0.25, 0.3) is 0 Å². The van der Waals surface area contributed by atoms with Crippen LogP contribution in [0.3, 0.4) is 0 Å². The Morgan fingerprint density at radius 2 is 1.78 bits per heavy atom. The zero-order chi connectivity index (χ0) is 14.3. The van der Waals surface area contributed by atoms with Crippen LogP contribution in [-0.2, 0) is 19.6 Å². The molecule has 0 aliphatic carbocycles. The Bertz CT molecular complexity index is 464. The van der Waals surface area contributed by atoms with E-state index >= 15 is 0 Å². The van der Waals surface area contributed by atoms with Crippen LogP contribution >= 0.6 is 0 Å². The molecule has 1 amide bonds. The summed E-state index contributed by atoms with van der Waals surface area (Å²) in [4.78, 5) is 23.2. The molecule has 1 heterocycles. The molecule has 0 bridgehead atoms. The van der Waals surface area contributed by atoms with Crippen LogP contribution in [0.4, 0.5) is 0 Å². The maximum atomic E-state index is 12.2. The summed E-state index contributed by atoms with van der Waals surface area (Å²) >= 11 is 0. The molecule has 1 aliphatic rings. The van der Waals surface area contributed by atoms with E-state index < -0.39 is 38.6 Å². The van der Waals surface area contributed by atoms with Gasteiger partial charge in [-0.15, -0.1) is 0 Å². The zero-order valence-electron chi connectivity index (χ0n) is 11.0. The first-order chi connectivity index (χ1) is 8.17. The first-order valence-electron chi connectivity index (χ1n) is 5.98. The van der Waals surface area contributed by atoms with E-state index in [4.69, 9.17) is 5.11 Å². The molecule has 0 aromatic rings. The molecule has 1 N–H and O–H groups in total. The number of carbonyl (C=O) groups is 2. The van der Waals surface area contributed by atoms with Gasteiger partial charge in [0.15, 0.2) is 4.75 Å². The monoisotopic (exact) mass is 277 g/mol. The van der Waals surface area contributed by atoms with Crippen LogP contribution in [0, 0.1) is 5.92 Å². The van der Waals surface area contributed by atoms with Crippen LogP contribution in [0.15, 0.2) is 0 Å². The summed E-state index contributed by atoms with van der Waals surface area (Å²) in [7, 11) is -3.86. The largest absolute Gasteiger partial charge is 0.480 e. The summed E-state index contributed by atoms with van der Waals surface area (Å²) in [5.41, 5.74) is 0. The van der Waals surface area contributed by atoms with Crippen molar-refractivity contribution in [2.75, 3.05) is 0 Å². The second-order valence-corrected chi connectivity index (χ2v) is 6.96. The molecule has 18 heavy (non-hydrogen) atoms. The predicted octanol–water partition coefficient (Wildman–Crippen LogP) is 0.826. The van der Waals surface area contributed by atoms with E-state index in [1.165, 1.54) is 0 Å². The second kappa shape index (κ2) is 4.53. The average molecular weight is 277 g/mol. The minimum atomic E-state index is -3.86. The number of aliphatic carboxylic acids is 1. The molecule has 0 aromatic carbocycles. The maximum Gasteiger partial charge on any atom is 0.327 e. The van der Waals surface area contributed by atoms with E-state index in [9.17, 15) is 18.0 Å². The first-order valence-corrected chi connectivity index (χ1v) is 7.42. The fourth-order valence-corrected chi connectivity index (χ4v) is 4.74. The molecule has 1 aliphatic heterocycles. The van der Waals surface area contributed by atoms with E-state index in [2.05, 4.69) is 0 Å². The smallest absolute Gasteiger partial charge is 0.327 e. The van der Waals surface area contributed by atoms with Crippen LogP contribution < -0.4 is 0 Å². The van der Waals surface area contributed by atoms with Crippen molar-refractivity contribution >= 4 is 21.9 Å². The highest BCUT2D eigenvalue weighted by atomic mass is 32.2. The number of hydrogen-bond acceptors (Lipinski definition) is 4. The van der Waals surface area contributed by atoms with Crippen LogP contribution in [-0.4, -0.2) is 40.5 Å². The summed E-state index contributed by atoms with van der Waals surface area (Å²) in [6, 6.07) is -1.31. The molecule has 104 valence electrons. The summed E-state index contributed by atoms with van der Waals surface area (Å²) in [5, 5.41) is 9.09. The van der Waals surface area contributed by atoms with Gasteiger partial charge in [0.2, 0.25) is 0 Å². The van der Waals surface area contributed by atoms with Gasteiger partial charge in [0.1, 0.15) is 6.04 Å². The standard InChI is InChI=1S/C11H19NO5S/c1-5-11(6-2)10(15)12(18(11,16)17)8(7(3)4)9(13)14/h7-8H,5-6H2,1-4H3,(H,13,14)/t8-/m1/s1. The number of carbonyl (C=O) groups excluding carboxylic acids is 1. The summed E-state index contributed by atoms with van der Waals surface area (Å²) in [5.74, 6) is -2.34. The number of carboxylic acids is 1. The van der Waals surface area contributed by atoms with Gasteiger partial charge in [-0.25, -0.2) is 17.5 Å². The van der Waals surface area contributed by atoms with Crippen molar-refractivity contribution < 1.29 is 23.1 Å². The molecule has 1 atom stereocenters. The Kier molecular flexibility index (Phi) is 3.76. The third kappa shape index (κ3) is 1.64. The highest BCUT2D eigenvalue weighted by Gasteiger charge is 2.67. The van der Waals surface area contributed by atoms with E-state index in [-0.39, 0.29) is 12.8 Å². The van der Waals surface area contributed by atoms with Gasteiger partial charge in [-0.3, -0.25) is 4.79 Å². The molecule has 0 radical (unpaired) electrons. The third-order valence-electron chi connectivity index (χ3n) is 3.62. The summed E-state index contributed by atoms with van der Waals surface area (Å²) in [6.07, 6.45) is 0.344. The van der Waals surface area contributed by atoms with Crippen LogP contribution in [0.2, 0.25) is 0 Å². The molecule has 7 heteroatoms. The quantitative estimate of drug-likeness (QED) is 0.803.